The van der Waals surface area contributed by atoms with Crippen molar-refractivity contribution in [3.8, 4) is 0 Å². The third-order valence-electron chi connectivity index (χ3n) is 4.00. The van der Waals surface area contributed by atoms with E-state index in [1.807, 2.05) is 0 Å². The van der Waals surface area contributed by atoms with Crippen molar-refractivity contribution in [1.29, 1.82) is 0 Å². The Hall–Kier alpha value is -0.260. The van der Waals surface area contributed by atoms with Crippen molar-refractivity contribution in [3.63, 3.8) is 0 Å². The van der Waals surface area contributed by atoms with E-state index in [2.05, 4.69) is 40.7 Å². The van der Waals surface area contributed by atoms with Crippen LogP contribution in [0.2, 0.25) is 0 Å². The van der Waals surface area contributed by atoms with Crippen LogP contribution in [0.5, 0.6) is 0 Å². The Morgan fingerprint density at radius 2 is 1.44 bits per heavy atom. The lowest BCUT2D eigenvalue weighted by Crippen LogP contribution is -1.99. The van der Waals surface area contributed by atoms with Gasteiger partial charge in [-0.15, -0.1) is 0 Å². The zero-order valence-electron chi connectivity index (χ0n) is 13.6. The predicted molar refractivity (Wildman–Crippen MR) is 85.0 cm³/mol. The first-order chi connectivity index (χ1) is 8.60. The molecule has 0 aliphatic rings. The molecule has 0 heteroatoms. The lowest BCUT2D eigenvalue weighted by molar-refractivity contribution is 0.403. The molecule has 0 nitrogen and oxygen atoms in total. The van der Waals surface area contributed by atoms with Gasteiger partial charge in [0.15, 0.2) is 0 Å². The van der Waals surface area contributed by atoms with E-state index in [0.29, 0.717) is 0 Å². The minimum absolute atomic E-state index is 0.924. The third kappa shape index (κ3) is 10.9. The van der Waals surface area contributed by atoms with Gasteiger partial charge >= 0.3 is 0 Å². The monoisotopic (exact) mass is 252 g/mol. The molecule has 0 radical (unpaired) electrons. The van der Waals surface area contributed by atoms with Crippen molar-refractivity contribution in [2.24, 2.45) is 11.8 Å². The highest BCUT2D eigenvalue weighted by atomic mass is 14.1. The fourth-order valence-corrected chi connectivity index (χ4v) is 2.78. The molecule has 0 N–H and O–H groups in total. The molecule has 0 amide bonds. The highest BCUT2D eigenvalue weighted by molar-refractivity contribution is 4.96. The second kappa shape index (κ2) is 11.8. The summed E-state index contributed by atoms with van der Waals surface area (Å²) in [7, 11) is 0. The molecule has 0 aromatic heterocycles. The van der Waals surface area contributed by atoms with Crippen LogP contribution in [0.4, 0.5) is 0 Å². The van der Waals surface area contributed by atoms with Gasteiger partial charge in [-0.3, -0.25) is 0 Å². The Bertz CT molecular complexity index is 202. The predicted octanol–water partition coefficient (Wildman–Crippen LogP) is 6.76. The molecule has 0 aromatic carbocycles. The molecular weight excluding hydrogens is 216 g/mol. The molecule has 0 heterocycles. The van der Waals surface area contributed by atoms with Gasteiger partial charge in [0.1, 0.15) is 0 Å². The van der Waals surface area contributed by atoms with Gasteiger partial charge in [0, 0.05) is 0 Å². The molecule has 0 bridgehead atoms. The molecule has 0 aromatic rings. The van der Waals surface area contributed by atoms with E-state index in [1.54, 1.807) is 5.57 Å². The number of hydrogen-bond donors (Lipinski definition) is 0. The van der Waals surface area contributed by atoms with Gasteiger partial charge in [-0.2, -0.15) is 0 Å². The molecule has 0 aliphatic carbocycles. The quantitative estimate of drug-likeness (QED) is 0.356. The summed E-state index contributed by atoms with van der Waals surface area (Å²) in [6.07, 6.45) is 14.7. The van der Waals surface area contributed by atoms with E-state index in [-0.39, 0.29) is 0 Å². The van der Waals surface area contributed by atoms with Crippen LogP contribution in [0.3, 0.4) is 0 Å². The van der Waals surface area contributed by atoms with Crippen LogP contribution >= 0.6 is 0 Å². The normalized spacial score (nSPS) is 15.7. The molecule has 18 heavy (non-hydrogen) atoms. The Morgan fingerprint density at radius 3 is 2.00 bits per heavy atom. The van der Waals surface area contributed by atoms with E-state index >= 15 is 0 Å². The summed E-state index contributed by atoms with van der Waals surface area (Å²) in [4.78, 5) is 0. The standard InChI is InChI=1S/C18H36/c1-6-10-16(3)12-8-14-18(5)15-9-13-17(4)11-7-2/h10,17-18H,6-9,11-15H2,1-5H3/b16-10+. The van der Waals surface area contributed by atoms with Gasteiger partial charge in [0.05, 0.1) is 0 Å². The van der Waals surface area contributed by atoms with Gasteiger partial charge in [-0.05, 0) is 38.0 Å². The topological polar surface area (TPSA) is 0 Å². The average Bonchev–Trinajstić information content (AvgIpc) is 2.29. The van der Waals surface area contributed by atoms with Crippen LogP contribution in [0.25, 0.3) is 0 Å². The van der Waals surface area contributed by atoms with Crippen LogP contribution in [-0.4, -0.2) is 0 Å². The maximum absolute atomic E-state index is 2.43. The van der Waals surface area contributed by atoms with E-state index in [0.717, 1.165) is 11.8 Å². The first-order valence-electron chi connectivity index (χ1n) is 8.25. The van der Waals surface area contributed by atoms with Gasteiger partial charge in [0.25, 0.3) is 0 Å². The largest absolute Gasteiger partial charge is 0.0859 e. The summed E-state index contributed by atoms with van der Waals surface area (Å²) in [5, 5.41) is 0. The summed E-state index contributed by atoms with van der Waals surface area (Å²) in [6.45, 7) is 11.6. The van der Waals surface area contributed by atoms with E-state index in [9.17, 15) is 0 Å². The van der Waals surface area contributed by atoms with E-state index < -0.39 is 0 Å². The minimum Gasteiger partial charge on any atom is -0.0859 e. The molecule has 0 aliphatic heterocycles. The van der Waals surface area contributed by atoms with Crippen molar-refractivity contribution in [2.45, 2.75) is 92.4 Å². The highest BCUT2D eigenvalue weighted by Crippen LogP contribution is 2.20. The summed E-state index contributed by atoms with van der Waals surface area (Å²) in [6, 6.07) is 0. The molecule has 0 rings (SSSR count). The molecule has 0 spiro atoms. The van der Waals surface area contributed by atoms with Gasteiger partial charge < -0.3 is 0 Å². The van der Waals surface area contributed by atoms with Gasteiger partial charge in [0.2, 0.25) is 0 Å². The van der Waals surface area contributed by atoms with Crippen molar-refractivity contribution in [1.82, 2.24) is 0 Å². The minimum atomic E-state index is 0.924. The third-order valence-corrected chi connectivity index (χ3v) is 4.00. The molecule has 0 saturated carbocycles. The van der Waals surface area contributed by atoms with Gasteiger partial charge in [-0.25, -0.2) is 0 Å². The van der Waals surface area contributed by atoms with Crippen LogP contribution in [0, 0.1) is 11.8 Å². The maximum atomic E-state index is 2.43. The molecular formula is C18H36. The number of allylic oxidation sites excluding steroid dienone is 2. The summed E-state index contributed by atoms with van der Waals surface area (Å²) in [5.41, 5.74) is 1.58. The van der Waals surface area contributed by atoms with Crippen molar-refractivity contribution >= 4 is 0 Å². The number of rotatable bonds is 11. The maximum Gasteiger partial charge on any atom is -0.0323 e. The van der Waals surface area contributed by atoms with Gasteiger partial charge in [-0.1, -0.05) is 77.9 Å². The Balaban J connectivity index is 3.48. The number of hydrogen-bond acceptors (Lipinski definition) is 0. The fourth-order valence-electron chi connectivity index (χ4n) is 2.78. The second-order valence-corrected chi connectivity index (χ2v) is 6.28. The average molecular weight is 252 g/mol. The van der Waals surface area contributed by atoms with E-state index in [4.69, 9.17) is 0 Å². The molecule has 2 atom stereocenters. The molecule has 0 saturated heterocycles. The smallest absolute Gasteiger partial charge is 0.0323 e. The molecule has 2 unspecified atom stereocenters. The van der Waals surface area contributed by atoms with Crippen LogP contribution in [0.1, 0.15) is 92.4 Å². The molecule has 108 valence electrons. The Kier molecular flexibility index (Phi) is 11.6. The summed E-state index contributed by atoms with van der Waals surface area (Å²) >= 11 is 0. The first kappa shape index (κ1) is 17.7. The SMILES string of the molecule is CC/C=C(\C)CCCC(C)CCCC(C)CCC. The second-order valence-electron chi connectivity index (χ2n) is 6.28. The molecule has 0 fully saturated rings. The highest BCUT2D eigenvalue weighted by Gasteiger charge is 2.05. The van der Waals surface area contributed by atoms with Crippen LogP contribution in [0.15, 0.2) is 11.6 Å². The summed E-state index contributed by atoms with van der Waals surface area (Å²) in [5.74, 6) is 1.87. The van der Waals surface area contributed by atoms with Crippen molar-refractivity contribution in [3.05, 3.63) is 11.6 Å². The van der Waals surface area contributed by atoms with Crippen LogP contribution in [-0.2, 0) is 0 Å². The summed E-state index contributed by atoms with van der Waals surface area (Å²) < 4.78 is 0. The zero-order valence-corrected chi connectivity index (χ0v) is 13.6. The van der Waals surface area contributed by atoms with E-state index in [1.165, 1.54) is 57.8 Å². The lowest BCUT2D eigenvalue weighted by Gasteiger charge is -2.14. The van der Waals surface area contributed by atoms with Crippen molar-refractivity contribution < 1.29 is 0 Å². The van der Waals surface area contributed by atoms with Crippen LogP contribution < -0.4 is 0 Å². The zero-order chi connectivity index (χ0) is 13.8. The lowest BCUT2D eigenvalue weighted by atomic mass is 9.93. The Labute approximate surface area is 116 Å². The first-order valence-corrected chi connectivity index (χ1v) is 8.25. The Morgan fingerprint density at radius 1 is 0.889 bits per heavy atom. The fraction of sp³-hybridized carbons (Fsp3) is 0.889. The van der Waals surface area contributed by atoms with Crippen molar-refractivity contribution in [2.75, 3.05) is 0 Å².